The predicted octanol–water partition coefficient (Wildman–Crippen LogP) is 3.18. The Morgan fingerprint density at radius 3 is 3.00 bits per heavy atom. The van der Waals surface area contributed by atoms with Crippen molar-refractivity contribution in [1.82, 2.24) is 15.1 Å². The normalized spacial score (nSPS) is 11.5. The van der Waals surface area contributed by atoms with E-state index in [1.165, 1.54) is 11.1 Å². The molecular formula is C15H17N3O. The van der Waals surface area contributed by atoms with Gasteiger partial charge in [0.2, 0.25) is 0 Å². The second-order valence-corrected chi connectivity index (χ2v) is 4.69. The van der Waals surface area contributed by atoms with E-state index in [0.29, 0.717) is 0 Å². The molecule has 4 heteroatoms. The lowest BCUT2D eigenvalue weighted by atomic mass is 10.1. The molecule has 2 heterocycles. The average Bonchev–Trinajstić information content (AvgIpc) is 3.08. The van der Waals surface area contributed by atoms with E-state index in [4.69, 9.17) is 4.42 Å². The molecule has 2 aromatic heterocycles. The van der Waals surface area contributed by atoms with Crippen LogP contribution < -0.4 is 0 Å². The molecule has 0 unspecified atom stereocenters. The molecule has 0 spiro atoms. The summed E-state index contributed by atoms with van der Waals surface area (Å²) in [5.74, 6) is 0. The van der Waals surface area contributed by atoms with E-state index in [-0.39, 0.29) is 0 Å². The van der Waals surface area contributed by atoms with Crippen LogP contribution in [0.15, 0.2) is 47.4 Å². The van der Waals surface area contributed by atoms with Crippen LogP contribution in [0.5, 0.6) is 0 Å². The van der Waals surface area contributed by atoms with Crippen LogP contribution in [0.3, 0.4) is 0 Å². The van der Waals surface area contributed by atoms with Crippen molar-refractivity contribution in [1.29, 1.82) is 0 Å². The average molecular weight is 255 g/mol. The zero-order valence-corrected chi connectivity index (χ0v) is 11.0. The van der Waals surface area contributed by atoms with E-state index in [1.807, 2.05) is 12.3 Å². The predicted molar refractivity (Wildman–Crippen MR) is 74.6 cm³/mol. The van der Waals surface area contributed by atoms with Crippen molar-refractivity contribution in [3.63, 3.8) is 0 Å². The van der Waals surface area contributed by atoms with Gasteiger partial charge in [-0.05, 0) is 18.2 Å². The number of nitrogens with zero attached hydrogens (tertiary/aromatic N) is 2. The summed E-state index contributed by atoms with van der Waals surface area (Å²) in [5.41, 5.74) is 3.62. The molecule has 98 valence electrons. The second-order valence-electron chi connectivity index (χ2n) is 4.69. The molecule has 3 rings (SSSR count). The monoisotopic (exact) mass is 255 g/mol. The first kappa shape index (κ1) is 12.0. The van der Waals surface area contributed by atoms with E-state index in [2.05, 4.69) is 40.2 Å². The first-order chi connectivity index (χ1) is 9.36. The fourth-order valence-electron chi connectivity index (χ4n) is 2.32. The zero-order valence-electron chi connectivity index (χ0n) is 11.0. The SMILES string of the molecule is CCN(Cc1ccoc1)Cc1cccc2cn[nH]c12. The van der Waals surface area contributed by atoms with Gasteiger partial charge in [-0.15, -0.1) is 0 Å². The molecule has 1 N–H and O–H groups in total. The number of hydrogen-bond acceptors (Lipinski definition) is 3. The third-order valence-electron chi connectivity index (χ3n) is 3.39. The molecule has 0 saturated carbocycles. The Morgan fingerprint density at radius 1 is 1.26 bits per heavy atom. The maximum absolute atomic E-state index is 5.13. The van der Waals surface area contributed by atoms with E-state index in [0.717, 1.165) is 30.5 Å². The van der Waals surface area contributed by atoms with Crippen LogP contribution in [0.25, 0.3) is 10.9 Å². The highest BCUT2D eigenvalue weighted by Gasteiger charge is 2.09. The summed E-state index contributed by atoms with van der Waals surface area (Å²) < 4.78 is 5.13. The quantitative estimate of drug-likeness (QED) is 0.761. The molecule has 0 aliphatic heterocycles. The summed E-state index contributed by atoms with van der Waals surface area (Å²) in [6.45, 7) is 4.97. The highest BCUT2D eigenvalue weighted by atomic mass is 16.3. The van der Waals surface area contributed by atoms with Crippen molar-refractivity contribution in [3.8, 4) is 0 Å². The summed E-state index contributed by atoms with van der Waals surface area (Å²) >= 11 is 0. The molecule has 4 nitrogen and oxygen atoms in total. The Hall–Kier alpha value is -2.07. The molecule has 0 saturated heterocycles. The van der Waals surface area contributed by atoms with Crippen LogP contribution in [0, 0.1) is 0 Å². The largest absolute Gasteiger partial charge is 0.472 e. The summed E-state index contributed by atoms with van der Waals surface area (Å²) in [6.07, 6.45) is 5.39. The fraction of sp³-hybridized carbons (Fsp3) is 0.267. The van der Waals surface area contributed by atoms with Crippen LogP contribution in [-0.2, 0) is 13.1 Å². The summed E-state index contributed by atoms with van der Waals surface area (Å²) in [4.78, 5) is 2.38. The van der Waals surface area contributed by atoms with Gasteiger partial charge in [0.25, 0.3) is 0 Å². The van der Waals surface area contributed by atoms with Gasteiger partial charge in [0, 0.05) is 24.0 Å². The van der Waals surface area contributed by atoms with Gasteiger partial charge in [0.05, 0.1) is 24.2 Å². The van der Waals surface area contributed by atoms with Gasteiger partial charge in [0.1, 0.15) is 0 Å². The third kappa shape index (κ3) is 2.53. The molecule has 0 radical (unpaired) electrons. The number of nitrogens with one attached hydrogen (secondary N) is 1. The summed E-state index contributed by atoms with van der Waals surface area (Å²) in [7, 11) is 0. The minimum Gasteiger partial charge on any atom is -0.472 e. The first-order valence-electron chi connectivity index (χ1n) is 6.51. The van der Waals surface area contributed by atoms with Crippen LogP contribution >= 0.6 is 0 Å². The number of benzene rings is 1. The van der Waals surface area contributed by atoms with Crippen molar-refractivity contribution in [3.05, 3.63) is 54.1 Å². The Morgan fingerprint density at radius 2 is 2.21 bits per heavy atom. The molecule has 19 heavy (non-hydrogen) atoms. The second kappa shape index (κ2) is 5.28. The molecule has 0 bridgehead atoms. The maximum Gasteiger partial charge on any atom is 0.0947 e. The summed E-state index contributed by atoms with van der Waals surface area (Å²) in [5, 5.41) is 8.36. The molecule has 1 aromatic carbocycles. The molecular weight excluding hydrogens is 238 g/mol. The number of rotatable bonds is 5. The Bertz CT molecular complexity index is 642. The molecule has 0 aliphatic carbocycles. The number of hydrogen-bond donors (Lipinski definition) is 1. The van der Waals surface area contributed by atoms with Gasteiger partial charge in [-0.3, -0.25) is 10.00 Å². The van der Waals surface area contributed by atoms with E-state index < -0.39 is 0 Å². The number of furan rings is 1. The van der Waals surface area contributed by atoms with Crippen molar-refractivity contribution in [2.45, 2.75) is 20.0 Å². The van der Waals surface area contributed by atoms with Crippen molar-refractivity contribution in [2.75, 3.05) is 6.54 Å². The van der Waals surface area contributed by atoms with Crippen molar-refractivity contribution >= 4 is 10.9 Å². The molecule has 0 fully saturated rings. The lowest BCUT2D eigenvalue weighted by molar-refractivity contribution is 0.271. The lowest BCUT2D eigenvalue weighted by Crippen LogP contribution is -2.22. The first-order valence-corrected chi connectivity index (χ1v) is 6.51. The van der Waals surface area contributed by atoms with Crippen LogP contribution in [0.1, 0.15) is 18.1 Å². The smallest absolute Gasteiger partial charge is 0.0947 e. The van der Waals surface area contributed by atoms with Gasteiger partial charge in [-0.1, -0.05) is 25.1 Å². The zero-order chi connectivity index (χ0) is 13.1. The molecule has 0 amide bonds. The fourth-order valence-corrected chi connectivity index (χ4v) is 2.32. The van der Waals surface area contributed by atoms with E-state index >= 15 is 0 Å². The van der Waals surface area contributed by atoms with E-state index in [9.17, 15) is 0 Å². The Labute approximate surface area is 112 Å². The molecule has 0 atom stereocenters. The minimum atomic E-state index is 0.900. The van der Waals surface area contributed by atoms with Gasteiger partial charge in [-0.25, -0.2) is 0 Å². The van der Waals surface area contributed by atoms with Crippen LogP contribution in [0.2, 0.25) is 0 Å². The highest BCUT2D eigenvalue weighted by molar-refractivity contribution is 5.81. The van der Waals surface area contributed by atoms with Crippen LogP contribution in [0.4, 0.5) is 0 Å². The third-order valence-corrected chi connectivity index (χ3v) is 3.39. The lowest BCUT2D eigenvalue weighted by Gasteiger charge is -2.19. The van der Waals surface area contributed by atoms with Crippen LogP contribution in [-0.4, -0.2) is 21.6 Å². The molecule has 0 aliphatic rings. The van der Waals surface area contributed by atoms with Gasteiger partial charge in [-0.2, -0.15) is 5.10 Å². The standard InChI is InChI=1S/C15H17N3O/c1-2-18(9-12-6-7-19-11-12)10-14-5-3-4-13-8-16-17-15(13)14/h3-8,11H,2,9-10H2,1H3,(H,16,17). The highest BCUT2D eigenvalue weighted by Crippen LogP contribution is 2.18. The minimum absolute atomic E-state index is 0.900. The topological polar surface area (TPSA) is 45.1 Å². The van der Waals surface area contributed by atoms with Crippen molar-refractivity contribution in [2.24, 2.45) is 0 Å². The number of aromatic nitrogens is 2. The van der Waals surface area contributed by atoms with Gasteiger partial charge in [0.15, 0.2) is 0 Å². The van der Waals surface area contributed by atoms with E-state index in [1.54, 1.807) is 12.5 Å². The number of para-hydroxylation sites is 1. The van der Waals surface area contributed by atoms with Gasteiger partial charge < -0.3 is 4.42 Å². The maximum atomic E-state index is 5.13. The number of aromatic amines is 1. The Balaban J connectivity index is 1.80. The molecule has 3 aromatic rings. The Kier molecular flexibility index (Phi) is 3.33. The summed E-state index contributed by atoms with van der Waals surface area (Å²) in [6, 6.07) is 8.32. The van der Waals surface area contributed by atoms with Crippen molar-refractivity contribution < 1.29 is 4.42 Å². The number of H-pyrrole nitrogens is 1. The van der Waals surface area contributed by atoms with Gasteiger partial charge >= 0.3 is 0 Å². The number of fused-ring (bicyclic) bond motifs is 1.